The lowest BCUT2D eigenvalue weighted by Crippen LogP contribution is -2.01. The summed E-state index contributed by atoms with van der Waals surface area (Å²) < 4.78 is 10.9. The van der Waals surface area contributed by atoms with E-state index in [1.165, 1.54) is 12.8 Å². The minimum atomic E-state index is 0.390. The van der Waals surface area contributed by atoms with Gasteiger partial charge in [-0.15, -0.1) is 0 Å². The number of ether oxygens (including phenoxy) is 2. The summed E-state index contributed by atoms with van der Waals surface area (Å²) in [7, 11) is 1.63. The Balaban J connectivity index is 2.23. The monoisotopic (exact) mass is 207 g/mol. The van der Waals surface area contributed by atoms with E-state index in [9.17, 15) is 0 Å². The molecule has 1 aliphatic rings. The van der Waals surface area contributed by atoms with E-state index < -0.39 is 0 Å². The maximum Gasteiger partial charge on any atom is 0.216 e. The highest BCUT2D eigenvalue weighted by atomic mass is 16.5. The van der Waals surface area contributed by atoms with E-state index >= 15 is 0 Å². The van der Waals surface area contributed by atoms with Gasteiger partial charge in [-0.1, -0.05) is 13.8 Å². The number of pyridine rings is 1. The Morgan fingerprint density at radius 3 is 2.60 bits per heavy atom. The van der Waals surface area contributed by atoms with Gasteiger partial charge >= 0.3 is 0 Å². The third-order valence-electron chi connectivity index (χ3n) is 2.42. The van der Waals surface area contributed by atoms with E-state index in [-0.39, 0.29) is 0 Å². The van der Waals surface area contributed by atoms with Crippen LogP contribution in [0.1, 0.15) is 38.3 Å². The van der Waals surface area contributed by atoms with Gasteiger partial charge in [0.05, 0.1) is 18.9 Å². The molecule has 0 aromatic carbocycles. The summed E-state index contributed by atoms with van der Waals surface area (Å²) in [6.45, 7) is 4.23. The largest absolute Gasteiger partial charge is 0.490 e. The van der Waals surface area contributed by atoms with Gasteiger partial charge in [0.1, 0.15) is 5.75 Å². The van der Waals surface area contributed by atoms with Crippen molar-refractivity contribution in [2.45, 2.75) is 38.7 Å². The zero-order chi connectivity index (χ0) is 10.8. The molecule has 1 fully saturated rings. The molecule has 0 aliphatic heterocycles. The van der Waals surface area contributed by atoms with Gasteiger partial charge in [-0.2, -0.15) is 0 Å². The first-order valence-corrected chi connectivity index (χ1v) is 5.41. The number of rotatable bonds is 4. The molecule has 1 aromatic rings. The molecule has 2 rings (SSSR count). The topological polar surface area (TPSA) is 31.4 Å². The summed E-state index contributed by atoms with van der Waals surface area (Å²) in [4.78, 5) is 4.38. The Bertz CT molecular complexity index is 345. The Morgan fingerprint density at radius 1 is 1.33 bits per heavy atom. The van der Waals surface area contributed by atoms with Gasteiger partial charge in [-0.05, 0) is 18.8 Å². The second-order valence-electron chi connectivity index (χ2n) is 4.24. The molecule has 3 nitrogen and oxygen atoms in total. The van der Waals surface area contributed by atoms with Gasteiger partial charge in [-0.3, -0.25) is 0 Å². The van der Waals surface area contributed by atoms with Crippen LogP contribution >= 0.6 is 0 Å². The molecule has 0 unspecified atom stereocenters. The second kappa shape index (κ2) is 4.09. The summed E-state index contributed by atoms with van der Waals surface area (Å²) in [5.74, 6) is 1.91. The van der Waals surface area contributed by atoms with Crippen LogP contribution in [0.25, 0.3) is 0 Å². The minimum Gasteiger partial charge on any atom is -0.490 e. The quantitative estimate of drug-likeness (QED) is 0.760. The third kappa shape index (κ3) is 2.61. The molecule has 0 amide bonds. The van der Waals surface area contributed by atoms with Gasteiger partial charge in [-0.25, -0.2) is 4.98 Å². The molecule has 0 spiro atoms. The zero-order valence-electron chi connectivity index (χ0n) is 9.49. The molecule has 15 heavy (non-hydrogen) atoms. The van der Waals surface area contributed by atoms with Gasteiger partial charge in [0, 0.05) is 12.1 Å². The van der Waals surface area contributed by atoms with Crippen molar-refractivity contribution in [2.24, 2.45) is 0 Å². The normalized spacial score (nSPS) is 15.5. The fraction of sp³-hybridized carbons (Fsp3) is 0.583. The first-order valence-electron chi connectivity index (χ1n) is 5.41. The fourth-order valence-corrected chi connectivity index (χ4v) is 1.35. The van der Waals surface area contributed by atoms with Crippen LogP contribution < -0.4 is 9.47 Å². The molecule has 0 atom stereocenters. The van der Waals surface area contributed by atoms with Gasteiger partial charge in [0.15, 0.2) is 0 Å². The SMILES string of the molecule is COc1cc(OC2CC2)cc(C(C)C)n1. The Labute approximate surface area is 90.4 Å². The Hall–Kier alpha value is -1.25. The first kappa shape index (κ1) is 10.3. The summed E-state index contributed by atoms with van der Waals surface area (Å²) in [6, 6.07) is 3.86. The predicted octanol–water partition coefficient (Wildman–Crippen LogP) is 2.75. The smallest absolute Gasteiger partial charge is 0.216 e. The summed E-state index contributed by atoms with van der Waals surface area (Å²) in [6.07, 6.45) is 2.75. The molecule has 1 saturated carbocycles. The highest BCUT2D eigenvalue weighted by Crippen LogP contribution is 2.30. The van der Waals surface area contributed by atoms with Crippen molar-refractivity contribution in [1.82, 2.24) is 4.98 Å². The van der Waals surface area contributed by atoms with Crippen LogP contribution in [-0.2, 0) is 0 Å². The maximum atomic E-state index is 5.74. The third-order valence-corrected chi connectivity index (χ3v) is 2.42. The zero-order valence-corrected chi connectivity index (χ0v) is 9.49. The van der Waals surface area contributed by atoms with Gasteiger partial charge in [0.25, 0.3) is 0 Å². The van der Waals surface area contributed by atoms with Gasteiger partial charge < -0.3 is 9.47 Å². The lowest BCUT2D eigenvalue weighted by Gasteiger charge is -2.11. The lowest BCUT2D eigenvalue weighted by atomic mass is 10.1. The maximum absolute atomic E-state index is 5.74. The van der Waals surface area contributed by atoms with Gasteiger partial charge in [0.2, 0.25) is 5.88 Å². The molecule has 1 heterocycles. The Morgan fingerprint density at radius 2 is 2.07 bits per heavy atom. The van der Waals surface area contributed by atoms with Crippen LogP contribution in [0, 0.1) is 0 Å². The van der Waals surface area contributed by atoms with E-state index in [0.717, 1.165) is 11.4 Å². The molecule has 0 N–H and O–H groups in total. The molecule has 0 bridgehead atoms. The van der Waals surface area contributed by atoms with E-state index in [4.69, 9.17) is 9.47 Å². The van der Waals surface area contributed by atoms with Crippen LogP contribution in [0.3, 0.4) is 0 Å². The molecule has 1 aliphatic carbocycles. The van der Waals surface area contributed by atoms with Crippen molar-refractivity contribution in [3.05, 3.63) is 17.8 Å². The lowest BCUT2D eigenvalue weighted by molar-refractivity contribution is 0.298. The van der Waals surface area contributed by atoms with E-state index in [1.807, 2.05) is 12.1 Å². The van der Waals surface area contributed by atoms with E-state index in [2.05, 4.69) is 18.8 Å². The molecule has 0 saturated heterocycles. The Kier molecular flexibility index (Phi) is 2.80. The summed E-state index contributed by atoms with van der Waals surface area (Å²) >= 11 is 0. The van der Waals surface area contributed by atoms with Crippen LogP contribution in [0.4, 0.5) is 0 Å². The van der Waals surface area contributed by atoms with Crippen molar-refractivity contribution in [3.63, 3.8) is 0 Å². The number of hydrogen-bond acceptors (Lipinski definition) is 3. The second-order valence-corrected chi connectivity index (χ2v) is 4.24. The van der Waals surface area contributed by atoms with Crippen LogP contribution in [0.15, 0.2) is 12.1 Å². The number of methoxy groups -OCH3 is 1. The minimum absolute atomic E-state index is 0.390. The number of hydrogen-bond donors (Lipinski definition) is 0. The van der Waals surface area contributed by atoms with Crippen molar-refractivity contribution in [3.8, 4) is 11.6 Å². The molecule has 82 valence electrons. The predicted molar refractivity (Wildman–Crippen MR) is 58.5 cm³/mol. The molecule has 3 heteroatoms. The molecular formula is C12H17NO2. The van der Waals surface area contributed by atoms with Crippen LogP contribution in [-0.4, -0.2) is 18.2 Å². The molecule has 0 radical (unpaired) electrons. The average Bonchev–Trinajstić information content (AvgIpc) is 3.01. The summed E-state index contributed by atoms with van der Waals surface area (Å²) in [5.41, 5.74) is 1.02. The van der Waals surface area contributed by atoms with E-state index in [0.29, 0.717) is 17.9 Å². The van der Waals surface area contributed by atoms with Crippen LogP contribution in [0.5, 0.6) is 11.6 Å². The summed E-state index contributed by atoms with van der Waals surface area (Å²) in [5, 5.41) is 0. The fourth-order valence-electron chi connectivity index (χ4n) is 1.35. The highest BCUT2D eigenvalue weighted by molar-refractivity contribution is 5.32. The van der Waals surface area contributed by atoms with Crippen molar-refractivity contribution >= 4 is 0 Å². The highest BCUT2D eigenvalue weighted by Gasteiger charge is 2.24. The van der Waals surface area contributed by atoms with Crippen molar-refractivity contribution in [1.29, 1.82) is 0 Å². The first-order chi connectivity index (χ1) is 7.19. The number of nitrogens with zero attached hydrogens (tertiary/aromatic N) is 1. The van der Waals surface area contributed by atoms with Crippen molar-refractivity contribution in [2.75, 3.05) is 7.11 Å². The standard InChI is InChI=1S/C12H17NO2/c1-8(2)11-6-10(15-9-4-5-9)7-12(13-11)14-3/h6-9H,4-5H2,1-3H3. The van der Waals surface area contributed by atoms with Crippen LogP contribution in [0.2, 0.25) is 0 Å². The van der Waals surface area contributed by atoms with Crippen molar-refractivity contribution < 1.29 is 9.47 Å². The van der Waals surface area contributed by atoms with E-state index in [1.54, 1.807) is 7.11 Å². The molecular weight excluding hydrogens is 190 g/mol. The average molecular weight is 207 g/mol. The molecule has 1 aromatic heterocycles. The number of aromatic nitrogens is 1.